The molecule has 178 valence electrons. The fourth-order valence-electron chi connectivity index (χ4n) is 4.97. The molecule has 3 aromatic rings. The molecule has 9 heteroatoms. The minimum atomic E-state index is -0.301. The Bertz CT molecular complexity index is 1240. The number of aryl methyl sites for hydroxylation is 1. The van der Waals surface area contributed by atoms with E-state index in [9.17, 15) is 9.18 Å². The Kier molecular flexibility index (Phi) is 4.98. The van der Waals surface area contributed by atoms with Crippen molar-refractivity contribution in [3.05, 3.63) is 42.1 Å². The van der Waals surface area contributed by atoms with Gasteiger partial charge in [-0.25, -0.2) is 14.2 Å². The molecule has 4 heterocycles. The lowest BCUT2D eigenvalue weighted by atomic mass is 9.84. The number of fused-ring (bicyclic) bond motifs is 3. The Morgan fingerprint density at radius 1 is 1.21 bits per heavy atom. The maximum Gasteiger partial charge on any atom is 0.410 e. The molecule has 1 N–H and O–H groups in total. The summed E-state index contributed by atoms with van der Waals surface area (Å²) in [4.78, 5) is 26.4. The molecular formula is C25H27FN4O4. The smallest absolute Gasteiger partial charge is 0.410 e. The Hall–Kier alpha value is -3.20. The van der Waals surface area contributed by atoms with E-state index in [1.807, 2.05) is 19.9 Å². The van der Waals surface area contributed by atoms with Crippen LogP contribution in [0.25, 0.3) is 22.2 Å². The summed E-state index contributed by atoms with van der Waals surface area (Å²) in [5.41, 5.74) is 2.92. The molecule has 6 rings (SSSR count). The highest BCUT2D eigenvalue weighted by molar-refractivity contribution is 5.94. The van der Waals surface area contributed by atoms with E-state index in [1.54, 1.807) is 17.2 Å². The second-order valence-corrected chi connectivity index (χ2v) is 9.95. The topological polar surface area (TPSA) is 89.6 Å². The molecule has 0 spiro atoms. The number of aromatic nitrogens is 3. The molecule has 2 aliphatic heterocycles. The SMILES string of the molecule is Cc1ccc(-c2c[nH]c3c(OC4C5COCC4CN(C(=O)OC4(C)CC4)C5)ncnc23)c(F)c1. The van der Waals surface area contributed by atoms with Gasteiger partial charge in [-0.05, 0) is 38.3 Å². The number of benzene rings is 1. The van der Waals surface area contributed by atoms with Gasteiger partial charge in [0, 0.05) is 42.2 Å². The molecule has 0 radical (unpaired) electrons. The van der Waals surface area contributed by atoms with E-state index < -0.39 is 0 Å². The van der Waals surface area contributed by atoms with E-state index in [-0.39, 0.29) is 35.5 Å². The van der Waals surface area contributed by atoms with Crippen molar-refractivity contribution in [1.29, 1.82) is 0 Å². The highest BCUT2D eigenvalue weighted by Crippen LogP contribution is 2.40. The highest BCUT2D eigenvalue weighted by Gasteiger charge is 2.47. The van der Waals surface area contributed by atoms with Crippen LogP contribution in [0.15, 0.2) is 30.7 Å². The van der Waals surface area contributed by atoms with Gasteiger partial charge in [0.2, 0.25) is 5.88 Å². The van der Waals surface area contributed by atoms with Gasteiger partial charge in [-0.1, -0.05) is 12.1 Å². The van der Waals surface area contributed by atoms with E-state index in [2.05, 4.69) is 15.0 Å². The zero-order valence-corrected chi connectivity index (χ0v) is 19.2. The van der Waals surface area contributed by atoms with E-state index in [1.165, 1.54) is 12.4 Å². The monoisotopic (exact) mass is 466 g/mol. The number of H-pyrrole nitrogens is 1. The molecule has 3 aliphatic rings. The van der Waals surface area contributed by atoms with Gasteiger partial charge in [-0.15, -0.1) is 0 Å². The number of hydrogen-bond donors (Lipinski definition) is 1. The van der Waals surface area contributed by atoms with Crippen LogP contribution in [0.3, 0.4) is 0 Å². The Labute approximate surface area is 196 Å². The van der Waals surface area contributed by atoms with E-state index in [4.69, 9.17) is 14.2 Å². The van der Waals surface area contributed by atoms with Crippen LogP contribution < -0.4 is 4.74 Å². The van der Waals surface area contributed by atoms with E-state index >= 15 is 0 Å². The first-order valence-electron chi connectivity index (χ1n) is 11.7. The summed E-state index contributed by atoms with van der Waals surface area (Å²) in [5.74, 6) is 0.127. The van der Waals surface area contributed by atoms with Crippen LogP contribution in [0.5, 0.6) is 5.88 Å². The quantitative estimate of drug-likeness (QED) is 0.623. The van der Waals surface area contributed by atoms with Crippen LogP contribution in [0.4, 0.5) is 9.18 Å². The molecule has 1 amide bonds. The maximum absolute atomic E-state index is 14.6. The largest absolute Gasteiger partial charge is 0.472 e. The fourth-order valence-corrected chi connectivity index (χ4v) is 4.97. The molecule has 1 saturated carbocycles. The van der Waals surface area contributed by atoms with Gasteiger partial charge >= 0.3 is 6.09 Å². The number of hydrogen-bond acceptors (Lipinski definition) is 6. The number of likely N-dealkylation sites (tertiary alicyclic amines) is 1. The first-order valence-corrected chi connectivity index (χ1v) is 11.7. The standard InChI is InChI=1S/C25H27FN4O4/c1-14-3-4-17(19(26)7-14)18-8-27-21-20(18)28-13-29-23(21)33-22-15-9-30(10-16(22)12-32-11-15)24(31)34-25(2)5-6-25/h3-4,7-8,13,15-16,22,27H,5-6,9-12H2,1-2H3. The lowest BCUT2D eigenvalue weighted by Gasteiger charge is -2.46. The van der Waals surface area contributed by atoms with Crippen molar-refractivity contribution in [1.82, 2.24) is 19.9 Å². The fraction of sp³-hybridized carbons (Fsp3) is 0.480. The molecule has 3 fully saturated rings. The molecule has 34 heavy (non-hydrogen) atoms. The van der Waals surface area contributed by atoms with Gasteiger partial charge in [-0.2, -0.15) is 4.98 Å². The first kappa shape index (κ1) is 21.3. The van der Waals surface area contributed by atoms with Gasteiger partial charge in [-0.3, -0.25) is 0 Å². The zero-order chi connectivity index (χ0) is 23.4. The number of nitrogens with zero attached hydrogens (tertiary/aromatic N) is 3. The van der Waals surface area contributed by atoms with Crippen molar-refractivity contribution in [3.63, 3.8) is 0 Å². The summed E-state index contributed by atoms with van der Waals surface area (Å²) in [7, 11) is 0. The minimum absolute atomic E-state index is 0.000972. The van der Waals surface area contributed by atoms with Crippen LogP contribution in [0.1, 0.15) is 25.3 Å². The summed E-state index contributed by atoms with van der Waals surface area (Å²) >= 11 is 0. The van der Waals surface area contributed by atoms with Crippen molar-refractivity contribution in [2.75, 3.05) is 26.3 Å². The molecule has 2 saturated heterocycles. The first-order chi connectivity index (χ1) is 16.4. The van der Waals surface area contributed by atoms with Crippen molar-refractivity contribution < 1.29 is 23.4 Å². The third-order valence-electron chi connectivity index (χ3n) is 7.14. The lowest BCUT2D eigenvalue weighted by Crippen LogP contribution is -2.59. The number of aromatic amines is 1. The normalized spacial score (nSPS) is 25.3. The van der Waals surface area contributed by atoms with E-state index in [0.717, 1.165) is 18.4 Å². The number of ether oxygens (including phenoxy) is 3. The van der Waals surface area contributed by atoms with Crippen molar-refractivity contribution in [2.45, 2.75) is 38.4 Å². The summed E-state index contributed by atoms with van der Waals surface area (Å²) < 4.78 is 32.5. The highest BCUT2D eigenvalue weighted by atomic mass is 19.1. The molecule has 2 aromatic heterocycles. The van der Waals surface area contributed by atoms with Crippen LogP contribution in [-0.2, 0) is 9.47 Å². The predicted octanol–water partition coefficient (Wildman–Crippen LogP) is 4.09. The number of carbonyl (C=O) groups is 1. The van der Waals surface area contributed by atoms with Crippen LogP contribution >= 0.6 is 0 Å². The molecule has 2 unspecified atom stereocenters. The van der Waals surface area contributed by atoms with Crippen molar-refractivity contribution >= 4 is 17.1 Å². The van der Waals surface area contributed by atoms with Gasteiger partial charge in [0.15, 0.2) is 0 Å². The summed E-state index contributed by atoms with van der Waals surface area (Å²) in [6.07, 6.45) is 4.60. The van der Waals surface area contributed by atoms with Crippen molar-refractivity contribution in [2.24, 2.45) is 11.8 Å². The maximum atomic E-state index is 14.6. The lowest BCUT2D eigenvalue weighted by molar-refractivity contribution is -0.111. The Morgan fingerprint density at radius 2 is 1.97 bits per heavy atom. The number of rotatable bonds is 4. The number of nitrogens with one attached hydrogen (secondary N) is 1. The second kappa shape index (κ2) is 7.94. The van der Waals surface area contributed by atoms with Gasteiger partial charge in [0.05, 0.1) is 13.2 Å². The average Bonchev–Trinajstić information content (AvgIpc) is 3.35. The number of carbonyl (C=O) groups excluding carboxylic acids is 1. The summed E-state index contributed by atoms with van der Waals surface area (Å²) in [6.45, 7) is 5.85. The molecular weight excluding hydrogens is 439 g/mol. The molecule has 2 atom stereocenters. The third-order valence-corrected chi connectivity index (χ3v) is 7.14. The van der Waals surface area contributed by atoms with Crippen LogP contribution in [-0.4, -0.2) is 64.0 Å². The summed E-state index contributed by atoms with van der Waals surface area (Å²) in [5, 5.41) is 0. The van der Waals surface area contributed by atoms with Crippen molar-refractivity contribution in [3.8, 4) is 17.0 Å². The molecule has 2 bridgehead atoms. The van der Waals surface area contributed by atoms with Crippen LogP contribution in [0, 0.1) is 24.6 Å². The Balaban J connectivity index is 1.25. The van der Waals surface area contributed by atoms with Gasteiger partial charge in [0.25, 0.3) is 0 Å². The third kappa shape index (κ3) is 3.77. The second-order valence-electron chi connectivity index (χ2n) is 9.95. The number of piperidine rings is 1. The van der Waals surface area contributed by atoms with Crippen LogP contribution in [0.2, 0.25) is 0 Å². The van der Waals surface area contributed by atoms with Gasteiger partial charge < -0.3 is 24.1 Å². The minimum Gasteiger partial charge on any atom is -0.472 e. The molecule has 1 aliphatic carbocycles. The van der Waals surface area contributed by atoms with E-state index in [0.29, 0.717) is 54.3 Å². The summed E-state index contributed by atoms with van der Waals surface area (Å²) in [6, 6.07) is 5.14. The molecule has 8 nitrogen and oxygen atoms in total. The number of amides is 1. The predicted molar refractivity (Wildman–Crippen MR) is 122 cm³/mol. The average molecular weight is 467 g/mol. The van der Waals surface area contributed by atoms with Gasteiger partial charge in [0.1, 0.15) is 34.9 Å². The zero-order valence-electron chi connectivity index (χ0n) is 19.2. The molecule has 1 aromatic carbocycles. The Morgan fingerprint density at radius 3 is 2.68 bits per heavy atom. The number of halogens is 1.